The minimum Gasteiger partial charge on any atom is -0.478 e. The summed E-state index contributed by atoms with van der Waals surface area (Å²) in [4.78, 5) is 22.5. The molecule has 2 N–H and O–H groups in total. The maximum Gasteiger partial charge on any atom is 0.335 e. The van der Waals surface area contributed by atoms with E-state index in [1.54, 1.807) is 12.1 Å². The first-order chi connectivity index (χ1) is 9.78. The second-order valence-corrected chi connectivity index (χ2v) is 6.55. The van der Waals surface area contributed by atoms with Crippen molar-refractivity contribution in [2.24, 2.45) is 5.41 Å². The van der Waals surface area contributed by atoms with Crippen LogP contribution in [-0.4, -0.2) is 23.5 Å². The third kappa shape index (κ3) is 7.49. The van der Waals surface area contributed by atoms with Crippen molar-refractivity contribution in [3.8, 4) is 0 Å². The van der Waals surface area contributed by atoms with E-state index < -0.39 is 5.97 Å². The molecule has 0 radical (unpaired) electrons. The Labute approximate surface area is 126 Å². The van der Waals surface area contributed by atoms with Crippen LogP contribution in [-0.2, 0) is 11.2 Å². The molecule has 0 aliphatic rings. The highest BCUT2D eigenvalue weighted by molar-refractivity contribution is 5.87. The normalized spacial score (nSPS) is 11.2. The molecular weight excluding hydrogens is 266 g/mol. The van der Waals surface area contributed by atoms with Gasteiger partial charge < -0.3 is 10.4 Å². The van der Waals surface area contributed by atoms with Crippen molar-refractivity contribution < 1.29 is 14.7 Å². The van der Waals surface area contributed by atoms with E-state index in [1.807, 2.05) is 0 Å². The van der Waals surface area contributed by atoms with E-state index >= 15 is 0 Å². The van der Waals surface area contributed by atoms with Crippen LogP contribution in [0.5, 0.6) is 0 Å². The summed E-state index contributed by atoms with van der Waals surface area (Å²) in [6.45, 7) is 7.34. The Kier molecular flexibility index (Phi) is 6.40. The molecule has 0 heterocycles. The van der Waals surface area contributed by atoms with Crippen molar-refractivity contribution in [1.29, 1.82) is 0 Å². The van der Waals surface area contributed by atoms with E-state index in [0.29, 0.717) is 18.4 Å². The van der Waals surface area contributed by atoms with Gasteiger partial charge in [-0.2, -0.15) is 0 Å². The fraction of sp³-hybridized carbons (Fsp3) is 0.529. The van der Waals surface area contributed by atoms with E-state index in [0.717, 1.165) is 24.8 Å². The fourth-order valence-corrected chi connectivity index (χ4v) is 2.02. The van der Waals surface area contributed by atoms with Crippen molar-refractivity contribution in [2.75, 3.05) is 6.54 Å². The van der Waals surface area contributed by atoms with Gasteiger partial charge in [-0.3, -0.25) is 4.79 Å². The average Bonchev–Trinajstić information content (AvgIpc) is 2.37. The molecule has 1 aromatic rings. The number of carbonyl (C=O) groups excluding carboxylic acids is 1. The first-order valence-electron chi connectivity index (χ1n) is 7.37. The average molecular weight is 291 g/mol. The number of aromatic carboxylic acids is 1. The molecule has 1 amide bonds. The molecule has 0 unspecified atom stereocenters. The summed E-state index contributed by atoms with van der Waals surface area (Å²) >= 11 is 0. The lowest BCUT2D eigenvalue weighted by Gasteiger charge is -2.17. The molecule has 0 atom stereocenters. The maximum absolute atomic E-state index is 11.8. The summed E-state index contributed by atoms with van der Waals surface area (Å²) in [6, 6.07) is 6.41. The zero-order valence-electron chi connectivity index (χ0n) is 13.1. The van der Waals surface area contributed by atoms with Gasteiger partial charge in [0.05, 0.1) is 12.0 Å². The maximum atomic E-state index is 11.8. The fourth-order valence-electron chi connectivity index (χ4n) is 2.02. The Hall–Kier alpha value is -1.84. The van der Waals surface area contributed by atoms with E-state index in [1.165, 1.54) is 12.1 Å². The van der Waals surface area contributed by atoms with Crippen molar-refractivity contribution in [3.63, 3.8) is 0 Å². The third-order valence-corrected chi connectivity index (χ3v) is 3.24. The number of carboxylic acid groups (broad SMARTS) is 1. The third-order valence-electron chi connectivity index (χ3n) is 3.24. The largest absolute Gasteiger partial charge is 0.478 e. The Bertz CT molecular complexity index is 472. The molecule has 0 fully saturated rings. The number of carbonyl (C=O) groups is 2. The molecule has 21 heavy (non-hydrogen) atoms. The quantitative estimate of drug-likeness (QED) is 0.758. The predicted octanol–water partition coefficient (Wildman–Crippen LogP) is 3.26. The van der Waals surface area contributed by atoms with Crippen LogP contribution >= 0.6 is 0 Å². The van der Waals surface area contributed by atoms with Gasteiger partial charge in [0.2, 0.25) is 5.91 Å². The van der Waals surface area contributed by atoms with Crippen LogP contribution in [0.15, 0.2) is 24.3 Å². The molecule has 0 aromatic heterocycles. The number of amides is 1. The summed E-state index contributed by atoms with van der Waals surface area (Å²) in [5.74, 6) is -0.973. The molecule has 0 saturated carbocycles. The highest BCUT2D eigenvalue weighted by Crippen LogP contribution is 2.21. The Morgan fingerprint density at radius 2 is 1.71 bits per heavy atom. The standard InChI is InChI=1S/C17H25NO3/c1-17(2,3)10-4-5-11-18-15(19)12-13-6-8-14(9-7-13)16(20)21/h6-9H,4-5,10-12H2,1-3H3,(H,18,19)(H,20,21). The van der Waals surface area contributed by atoms with Gasteiger partial charge >= 0.3 is 5.97 Å². The number of hydrogen-bond donors (Lipinski definition) is 2. The summed E-state index contributed by atoms with van der Waals surface area (Å²) in [6.07, 6.45) is 3.54. The molecular formula is C17H25NO3. The van der Waals surface area contributed by atoms with Gasteiger partial charge in [0.25, 0.3) is 0 Å². The summed E-state index contributed by atoms with van der Waals surface area (Å²) in [7, 11) is 0. The first-order valence-corrected chi connectivity index (χ1v) is 7.37. The van der Waals surface area contributed by atoms with E-state index in [2.05, 4.69) is 26.1 Å². The van der Waals surface area contributed by atoms with Crippen LogP contribution in [0.4, 0.5) is 0 Å². The van der Waals surface area contributed by atoms with Crippen molar-refractivity contribution in [3.05, 3.63) is 35.4 Å². The topological polar surface area (TPSA) is 66.4 Å². The van der Waals surface area contributed by atoms with Gasteiger partial charge in [-0.05, 0) is 36.0 Å². The second-order valence-electron chi connectivity index (χ2n) is 6.55. The van der Waals surface area contributed by atoms with Crippen molar-refractivity contribution >= 4 is 11.9 Å². The van der Waals surface area contributed by atoms with Gasteiger partial charge in [-0.1, -0.05) is 39.3 Å². The molecule has 0 bridgehead atoms. The summed E-state index contributed by atoms with van der Waals surface area (Å²) in [5.41, 5.74) is 1.41. The van der Waals surface area contributed by atoms with E-state index in [-0.39, 0.29) is 11.5 Å². The number of unbranched alkanes of at least 4 members (excludes halogenated alkanes) is 1. The van der Waals surface area contributed by atoms with Crippen LogP contribution in [0, 0.1) is 5.41 Å². The van der Waals surface area contributed by atoms with Crippen molar-refractivity contribution in [1.82, 2.24) is 5.32 Å². The van der Waals surface area contributed by atoms with Crippen LogP contribution in [0.25, 0.3) is 0 Å². The minimum absolute atomic E-state index is 0.0196. The smallest absolute Gasteiger partial charge is 0.335 e. The van der Waals surface area contributed by atoms with E-state index in [4.69, 9.17) is 5.11 Å². The first kappa shape index (κ1) is 17.2. The number of hydrogen-bond acceptors (Lipinski definition) is 2. The summed E-state index contributed by atoms with van der Waals surface area (Å²) in [5, 5.41) is 11.7. The molecule has 1 rings (SSSR count). The van der Waals surface area contributed by atoms with E-state index in [9.17, 15) is 9.59 Å². The van der Waals surface area contributed by atoms with Crippen LogP contribution in [0.2, 0.25) is 0 Å². The number of benzene rings is 1. The number of carboxylic acids is 1. The van der Waals surface area contributed by atoms with Crippen LogP contribution in [0.3, 0.4) is 0 Å². The Morgan fingerprint density at radius 1 is 1.10 bits per heavy atom. The number of nitrogens with one attached hydrogen (secondary N) is 1. The monoisotopic (exact) mass is 291 g/mol. The minimum atomic E-state index is -0.954. The zero-order chi connectivity index (χ0) is 15.9. The predicted molar refractivity (Wildman–Crippen MR) is 83.4 cm³/mol. The van der Waals surface area contributed by atoms with Gasteiger partial charge in [0.1, 0.15) is 0 Å². The lowest BCUT2D eigenvalue weighted by molar-refractivity contribution is -0.120. The molecule has 0 aliphatic heterocycles. The molecule has 0 saturated heterocycles. The van der Waals surface area contributed by atoms with Crippen molar-refractivity contribution in [2.45, 2.75) is 46.5 Å². The molecule has 4 nitrogen and oxygen atoms in total. The van der Waals surface area contributed by atoms with Crippen LogP contribution in [0.1, 0.15) is 56.0 Å². The SMILES string of the molecule is CC(C)(C)CCCCNC(=O)Cc1ccc(C(=O)O)cc1. The number of rotatable bonds is 7. The van der Waals surface area contributed by atoms with Gasteiger partial charge in [0, 0.05) is 6.54 Å². The highest BCUT2D eigenvalue weighted by Gasteiger charge is 2.09. The van der Waals surface area contributed by atoms with Gasteiger partial charge in [0.15, 0.2) is 0 Å². The second kappa shape index (κ2) is 7.81. The lowest BCUT2D eigenvalue weighted by atomic mass is 9.90. The summed E-state index contributed by atoms with van der Waals surface area (Å²) < 4.78 is 0. The lowest BCUT2D eigenvalue weighted by Crippen LogP contribution is -2.26. The molecule has 0 spiro atoms. The van der Waals surface area contributed by atoms with Gasteiger partial charge in [-0.25, -0.2) is 4.79 Å². The molecule has 1 aromatic carbocycles. The highest BCUT2D eigenvalue weighted by atomic mass is 16.4. The molecule has 116 valence electrons. The van der Waals surface area contributed by atoms with Crippen LogP contribution < -0.4 is 5.32 Å². The van der Waals surface area contributed by atoms with Gasteiger partial charge in [-0.15, -0.1) is 0 Å². The zero-order valence-corrected chi connectivity index (χ0v) is 13.1. The molecule has 0 aliphatic carbocycles. The molecule has 4 heteroatoms. The Morgan fingerprint density at radius 3 is 2.24 bits per heavy atom. The Balaban J connectivity index is 2.26.